The van der Waals surface area contributed by atoms with Crippen molar-refractivity contribution < 1.29 is 23.8 Å². The van der Waals surface area contributed by atoms with Crippen LogP contribution in [0.4, 0.5) is 5.00 Å². The van der Waals surface area contributed by atoms with Crippen molar-refractivity contribution in [2.75, 3.05) is 25.1 Å². The molecular weight excluding hydrogens is 390 g/mol. The smallest absolute Gasteiger partial charge is 0.341 e. The summed E-state index contributed by atoms with van der Waals surface area (Å²) in [6.07, 6.45) is 3.91. The Kier molecular flexibility index (Phi) is 7.14. The third kappa shape index (κ3) is 4.72. The highest BCUT2D eigenvalue weighted by Crippen LogP contribution is 2.39. The van der Waals surface area contributed by atoms with Crippen molar-refractivity contribution in [1.82, 2.24) is 0 Å². The summed E-state index contributed by atoms with van der Waals surface area (Å²) in [5.41, 5.74) is 1.98. The summed E-state index contributed by atoms with van der Waals surface area (Å²) in [4.78, 5) is 26.7. The molecule has 29 heavy (non-hydrogen) atoms. The minimum absolute atomic E-state index is 0.293. The van der Waals surface area contributed by atoms with Crippen LogP contribution in [-0.4, -0.2) is 31.7 Å². The molecule has 7 heteroatoms. The van der Waals surface area contributed by atoms with Crippen LogP contribution in [0.15, 0.2) is 18.2 Å². The standard InChI is InChI=1S/C22H27NO5S/c1-4-26-16-12-11-14(13-17(16)27-5-2)20(24)23-21-19(22(25)28-6-3)15-9-7-8-10-18(15)29-21/h11-13H,4-10H2,1-3H3,(H,23,24). The Morgan fingerprint density at radius 2 is 1.72 bits per heavy atom. The number of carbonyl (C=O) groups is 2. The van der Waals surface area contributed by atoms with Gasteiger partial charge in [0.05, 0.1) is 25.4 Å². The van der Waals surface area contributed by atoms with E-state index in [1.165, 1.54) is 11.3 Å². The van der Waals surface area contributed by atoms with Gasteiger partial charge in [-0.15, -0.1) is 11.3 Å². The van der Waals surface area contributed by atoms with E-state index in [2.05, 4.69) is 5.32 Å². The van der Waals surface area contributed by atoms with E-state index in [1.807, 2.05) is 13.8 Å². The lowest BCUT2D eigenvalue weighted by Gasteiger charge is -2.13. The lowest BCUT2D eigenvalue weighted by Crippen LogP contribution is -2.16. The number of fused-ring (bicyclic) bond motifs is 1. The lowest BCUT2D eigenvalue weighted by atomic mass is 9.95. The molecule has 0 unspecified atom stereocenters. The normalized spacial score (nSPS) is 12.8. The molecule has 1 amide bonds. The van der Waals surface area contributed by atoms with Gasteiger partial charge >= 0.3 is 5.97 Å². The first-order chi connectivity index (χ1) is 14.1. The number of hydrogen-bond donors (Lipinski definition) is 1. The Hall–Kier alpha value is -2.54. The van der Waals surface area contributed by atoms with Gasteiger partial charge in [-0.2, -0.15) is 0 Å². The molecule has 2 aromatic rings. The van der Waals surface area contributed by atoms with Crippen LogP contribution >= 0.6 is 11.3 Å². The highest BCUT2D eigenvalue weighted by molar-refractivity contribution is 7.17. The molecule has 0 bridgehead atoms. The third-order valence-electron chi connectivity index (χ3n) is 4.68. The van der Waals surface area contributed by atoms with Crippen molar-refractivity contribution in [3.63, 3.8) is 0 Å². The molecule has 0 saturated heterocycles. The number of aryl methyl sites for hydroxylation is 1. The predicted molar refractivity (Wildman–Crippen MR) is 114 cm³/mol. The maximum absolute atomic E-state index is 12.9. The Bertz CT molecular complexity index is 890. The van der Waals surface area contributed by atoms with E-state index in [1.54, 1.807) is 25.1 Å². The molecule has 6 nitrogen and oxygen atoms in total. The van der Waals surface area contributed by atoms with Gasteiger partial charge < -0.3 is 19.5 Å². The molecule has 3 rings (SSSR count). The van der Waals surface area contributed by atoms with Gasteiger partial charge in [-0.25, -0.2) is 4.79 Å². The van der Waals surface area contributed by atoms with Crippen molar-refractivity contribution in [3.8, 4) is 11.5 Å². The highest BCUT2D eigenvalue weighted by Gasteiger charge is 2.27. The average Bonchev–Trinajstić information content (AvgIpc) is 3.07. The topological polar surface area (TPSA) is 73.9 Å². The second-order valence-electron chi connectivity index (χ2n) is 6.62. The van der Waals surface area contributed by atoms with E-state index < -0.39 is 0 Å². The summed E-state index contributed by atoms with van der Waals surface area (Å²) in [7, 11) is 0. The SMILES string of the molecule is CCOC(=O)c1c(NC(=O)c2ccc(OCC)c(OCC)c2)sc2c1CCCC2. The minimum Gasteiger partial charge on any atom is -0.490 e. The molecule has 0 aliphatic heterocycles. The second-order valence-corrected chi connectivity index (χ2v) is 7.72. The number of carbonyl (C=O) groups excluding carboxylic acids is 2. The van der Waals surface area contributed by atoms with Crippen molar-refractivity contribution in [2.45, 2.75) is 46.5 Å². The lowest BCUT2D eigenvalue weighted by molar-refractivity contribution is 0.0526. The van der Waals surface area contributed by atoms with Crippen LogP contribution < -0.4 is 14.8 Å². The van der Waals surface area contributed by atoms with E-state index in [4.69, 9.17) is 14.2 Å². The number of esters is 1. The van der Waals surface area contributed by atoms with Gasteiger partial charge in [-0.3, -0.25) is 4.79 Å². The number of thiophene rings is 1. The number of rotatable bonds is 8. The van der Waals surface area contributed by atoms with E-state index in [9.17, 15) is 9.59 Å². The van der Waals surface area contributed by atoms with Crippen LogP contribution in [0.25, 0.3) is 0 Å². The molecule has 0 radical (unpaired) electrons. The van der Waals surface area contributed by atoms with Crippen LogP contribution in [0.5, 0.6) is 11.5 Å². The molecule has 0 spiro atoms. The van der Waals surface area contributed by atoms with Crippen LogP contribution in [0, 0.1) is 0 Å². The molecule has 1 aromatic heterocycles. The second kappa shape index (κ2) is 9.78. The number of amides is 1. The Morgan fingerprint density at radius 3 is 2.45 bits per heavy atom. The fourth-order valence-electron chi connectivity index (χ4n) is 3.44. The molecule has 1 aliphatic rings. The van der Waals surface area contributed by atoms with Gasteiger partial charge in [0.25, 0.3) is 5.91 Å². The van der Waals surface area contributed by atoms with Crippen molar-refractivity contribution in [1.29, 1.82) is 0 Å². The predicted octanol–water partition coefficient (Wildman–Crippen LogP) is 4.85. The number of ether oxygens (including phenoxy) is 3. The first-order valence-electron chi connectivity index (χ1n) is 10.1. The summed E-state index contributed by atoms with van der Waals surface area (Å²) >= 11 is 1.48. The van der Waals surface area contributed by atoms with E-state index in [0.717, 1.165) is 36.1 Å². The van der Waals surface area contributed by atoms with Gasteiger partial charge in [0, 0.05) is 10.4 Å². The molecule has 1 heterocycles. The summed E-state index contributed by atoms with van der Waals surface area (Å²) in [5, 5.41) is 3.49. The summed E-state index contributed by atoms with van der Waals surface area (Å²) < 4.78 is 16.4. The zero-order chi connectivity index (χ0) is 20.8. The van der Waals surface area contributed by atoms with Gasteiger partial charge in [0.15, 0.2) is 11.5 Å². The van der Waals surface area contributed by atoms with E-state index in [-0.39, 0.29) is 11.9 Å². The first-order valence-corrected chi connectivity index (χ1v) is 10.9. The zero-order valence-electron chi connectivity index (χ0n) is 17.1. The summed E-state index contributed by atoms with van der Waals surface area (Å²) in [6, 6.07) is 5.09. The van der Waals surface area contributed by atoms with E-state index in [0.29, 0.717) is 47.4 Å². The Morgan fingerprint density at radius 1 is 1.00 bits per heavy atom. The fourth-order valence-corrected chi connectivity index (χ4v) is 4.71. The summed E-state index contributed by atoms with van der Waals surface area (Å²) in [5.74, 6) is 0.463. The largest absolute Gasteiger partial charge is 0.490 e. The van der Waals surface area contributed by atoms with Crippen molar-refractivity contribution in [3.05, 3.63) is 39.8 Å². The average molecular weight is 418 g/mol. The Labute approximate surface area is 175 Å². The Balaban J connectivity index is 1.89. The molecule has 0 atom stereocenters. The quantitative estimate of drug-likeness (QED) is 0.621. The first kappa shape index (κ1) is 21.2. The number of benzene rings is 1. The van der Waals surface area contributed by atoms with E-state index >= 15 is 0 Å². The maximum atomic E-state index is 12.9. The monoisotopic (exact) mass is 417 g/mol. The van der Waals surface area contributed by atoms with Crippen molar-refractivity contribution >= 4 is 28.2 Å². The van der Waals surface area contributed by atoms with Gasteiger partial charge in [0.2, 0.25) is 0 Å². The summed E-state index contributed by atoms with van der Waals surface area (Å²) in [6.45, 7) is 6.83. The van der Waals surface area contributed by atoms with Crippen LogP contribution in [-0.2, 0) is 17.6 Å². The molecule has 1 aliphatic carbocycles. The highest BCUT2D eigenvalue weighted by atomic mass is 32.1. The number of nitrogens with one attached hydrogen (secondary N) is 1. The van der Waals surface area contributed by atoms with Gasteiger partial charge in [-0.05, 0) is 70.2 Å². The molecule has 0 saturated carbocycles. The van der Waals surface area contributed by atoms with Crippen molar-refractivity contribution in [2.24, 2.45) is 0 Å². The maximum Gasteiger partial charge on any atom is 0.341 e. The zero-order valence-corrected chi connectivity index (χ0v) is 17.9. The van der Waals surface area contributed by atoms with Gasteiger partial charge in [0.1, 0.15) is 5.00 Å². The molecule has 156 valence electrons. The molecule has 1 aromatic carbocycles. The molecular formula is C22H27NO5S. The van der Waals surface area contributed by atoms with Crippen LogP contribution in [0.3, 0.4) is 0 Å². The third-order valence-corrected chi connectivity index (χ3v) is 5.89. The fraction of sp³-hybridized carbons (Fsp3) is 0.455. The number of hydrogen-bond acceptors (Lipinski definition) is 6. The van der Waals surface area contributed by atoms with Crippen LogP contribution in [0.1, 0.15) is 64.8 Å². The van der Waals surface area contributed by atoms with Crippen LogP contribution in [0.2, 0.25) is 0 Å². The molecule has 1 N–H and O–H groups in total. The minimum atomic E-state index is -0.371. The molecule has 0 fully saturated rings. The number of anilines is 1. The van der Waals surface area contributed by atoms with Gasteiger partial charge in [-0.1, -0.05) is 0 Å².